The summed E-state index contributed by atoms with van der Waals surface area (Å²) in [5.41, 5.74) is 2.66. The van der Waals surface area contributed by atoms with Gasteiger partial charge in [-0.15, -0.1) is 0 Å². The van der Waals surface area contributed by atoms with Gasteiger partial charge in [0.25, 0.3) is 5.91 Å². The molecule has 0 heterocycles. The first-order valence-electron chi connectivity index (χ1n) is 11.6. The third-order valence-corrected chi connectivity index (χ3v) is 5.27. The fourth-order valence-corrected chi connectivity index (χ4v) is 3.54. The number of benzene rings is 3. The summed E-state index contributed by atoms with van der Waals surface area (Å²) in [5, 5.41) is 5.77. The van der Waals surface area contributed by atoms with E-state index >= 15 is 0 Å². The van der Waals surface area contributed by atoms with Crippen molar-refractivity contribution in [2.75, 3.05) is 19.0 Å². The van der Waals surface area contributed by atoms with E-state index in [0.29, 0.717) is 47.9 Å². The Balaban J connectivity index is 1.57. The molecule has 0 bridgehead atoms. The molecule has 0 aromatic heterocycles. The normalized spacial score (nSPS) is 10.3. The van der Waals surface area contributed by atoms with Crippen LogP contribution < -0.4 is 24.8 Å². The van der Waals surface area contributed by atoms with Gasteiger partial charge in [-0.2, -0.15) is 0 Å². The molecule has 3 aromatic carbocycles. The van der Waals surface area contributed by atoms with Gasteiger partial charge >= 0.3 is 5.97 Å². The van der Waals surface area contributed by atoms with Gasteiger partial charge in [0.15, 0.2) is 11.5 Å². The second kappa shape index (κ2) is 12.9. The van der Waals surface area contributed by atoms with Gasteiger partial charge in [0, 0.05) is 31.1 Å². The number of methoxy groups -OCH3 is 1. The summed E-state index contributed by atoms with van der Waals surface area (Å²) >= 11 is 0. The largest absolute Gasteiger partial charge is 0.493 e. The Kier molecular flexibility index (Phi) is 9.45. The SMILES string of the molecule is CCOc1ccc(CCC(=O)NCc2ccccc2NC(=O)c2cccc(OC(C)=O)c2)cc1OC. The van der Waals surface area contributed by atoms with Crippen LogP contribution in [0.2, 0.25) is 0 Å². The zero-order valence-electron chi connectivity index (χ0n) is 20.6. The van der Waals surface area contributed by atoms with Crippen LogP contribution in [0, 0.1) is 0 Å². The molecular weight excluding hydrogens is 460 g/mol. The fraction of sp³-hybridized carbons (Fsp3) is 0.250. The molecule has 0 radical (unpaired) electrons. The predicted molar refractivity (Wildman–Crippen MR) is 136 cm³/mol. The van der Waals surface area contributed by atoms with Gasteiger partial charge in [-0.3, -0.25) is 14.4 Å². The summed E-state index contributed by atoms with van der Waals surface area (Å²) in [6.07, 6.45) is 0.847. The molecule has 2 N–H and O–H groups in total. The Bertz CT molecular complexity index is 1220. The summed E-state index contributed by atoms with van der Waals surface area (Å²) in [4.78, 5) is 36.4. The van der Waals surface area contributed by atoms with Gasteiger partial charge in [0.05, 0.1) is 13.7 Å². The fourth-order valence-electron chi connectivity index (χ4n) is 3.54. The molecule has 8 nitrogen and oxygen atoms in total. The second-order valence-electron chi connectivity index (χ2n) is 7.93. The number of hydrogen-bond donors (Lipinski definition) is 2. The molecule has 36 heavy (non-hydrogen) atoms. The number of carbonyl (C=O) groups is 3. The molecule has 2 amide bonds. The predicted octanol–water partition coefficient (Wildman–Crippen LogP) is 4.52. The van der Waals surface area contributed by atoms with Crippen molar-refractivity contribution in [3.63, 3.8) is 0 Å². The Morgan fingerprint density at radius 3 is 2.47 bits per heavy atom. The highest BCUT2D eigenvalue weighted by atomic mass is 16.5. The Hall–Kier alpha value is -4.33. The number of amides is 2. The van der Waals surface area contributed by atoms with Crippen LogP contribution in [0.25, 0.3) is 0 Å². The first kappa shape index (κ1) is 26.3. The molecule has 0 aliphatic rings. The lowest BCUT2D eigenvalue weighted by Crippen LogP contribution is -2.24. The second-order valence-corrected chi connectivity index (χ2v) is 7.93. The molecule has 0 saturated heterocycles. The van der Waals surface area contributed by atoms with Gasteiger partial charge in [-0.25, -0.2) is 0 Å². The first-order chi connectivity index (χ1) is 17.4. The molecule has 0 saturated carbocycles. The summed E-state index contributed by atoms with van der Waals surface area (Å²) < 4.78 is 15.9. The van der Waals surface area contributed by atoms with Gasteiger partial charge in [-0.1, -0.05) is 30.3 Å². The minimum Gasteiger partial charge on any atom is -0.493 e. The minimum atomic E-state index is -0.463. The number of para-hydroxylation sites is 1. The smallest absolute Gasteiger partial charge is 0.308 e. The lowest BCUT2D eigenvalue weighted by molar-refractivity contribution is -0.131. The van der Waals surface area contributed by atoms with Crippen molar-refractivity contribution < 1.29 is 28.6 Å². The van der Waals surface area contributed by atoms with E-state index < -0.39 is 5.97 Å². The molecule has 0 spiro atoms. The average molecular weight is 491 g/mol. The monoisotopic (exact) mass is 490 g/mol. The summed E-state index contributed by atoms with van der Waals surface area (Å²) in [7, 11) is 1.58. The molecule has 8 heteroatoms. The third-order valence-electron chi connectivity index (χ3n) is 5.27. The summed E-state index contributed by atoms with van der Waals surface area (Å²) in [6.45, 7) is 4.01. The minimum absolute atomic E-state index is 0.113. The number of ether oxygens (including phenoxy) is 3. The quantitative estimate of drug-likeness (QED) is 0.303. The molecule has 3 rings (SSSR count). The summed E-state index contributed by atoms with van der Waals surface area (Å²) in [5.74, 6) is 0.671. The van der Waals surface area contributed by atoms with Crippen LogP contribution in [-0.2, 0) is 22.6 Å². The Morgan fingerprint density at radius 2 is 1.72 bits per heavy atom. The van der Waals surface area contributed by atoms with Crippen molar-refractivity contribution in [3.05, 3.63) is 83.4 Å². The van der Waals surface area contributed by atoms with Crippen LogP contribution in [0.5, 0.6) is 17.2 Å². The molecule has 0 aliphatic heterocycles. The van der Waals surface area contributed by atoms with Crippen molar-refractivity contribution >= 4 is 23.5 Å². The van der Waals surface area contributed by atoms with Crippen LogP contribution in [-0.4, -0.2) is 31.5 Å². The number of aryl methyl sites for hydroxylation is 1. The topological polar surface area (TPSA) is 103 Å². The van der Waals surface area contributed by atoms with E-state index in [2.05, 4.69) is 10.6 Å². The Labute approximate surface area is 210 Å². The number of carbonyl (C=O) groups excluding carboxylic acids is 3. The molecule has 0 atom stereocenters. The Morgan fingerprint density at radius 1 is 0.917 bits per heavy atom. The van der Waals surface area contributed by atoms with E-state index in [1.54, 1.807) is 37.4 Å². The zero-order valence-corrected chi connectivity index (χ0v) is 20.6. The van der Waals surface area contributed by atoms with Crippen LogP contribution in [0.1, 0.15) is 41.8 Å². The van der Waals surface area contributed by atoms with E-state index in [1.165, 1.54) is 13.0 Å². The van der Waals surface area contributed by atoms with Crippen molar-refractivity contribution in [2.45, 2.75) is 33.2 Å². The number of hydrogen-bond acceptors (Lipinski definition) is 6. The van der Waals surface area contributed by atoms with E-state index in [9.17, 15) is 14.4 Å². The maximum atomic E-state index is 12.8. The highest BCUT2D eigenvalue weighted by Crippen LogP contribution is 2.28. The number of anilines is 1. The molecule has 0 unspecified atom stereocenters. The van der Waals surface area contributed by atoms with Gasteiger partial charge in [0.1, 0.15) is 5.75 Å². The zero-order chi connectivity index (χ0) is 25.9. The van der Waals surface area contributed by atoms with Gasteiger partial charge in [0.2, 0.25) is 5.91 Å². The van der Waals surface area contributed by atoms with E-state index in [0.717, 1.165) is 11.1 Å². The standard InChI is InChI=1S/C28H30N2O6/c1-4-35-25-14-12-20(16-26(25)34-3)13-15-27(32)29-18-22-8-5-6-11-24(22)30-28(33)21-9-7-10-23(17-21)36-19(2)31/h5-12,14,16-17H,4,13,15,18H2,1-3H3,(H,29,32)(H,30,33). The lowest BCUT2D eigenvalue weighted by Gasteiger charge is -2.13. The average Bonchev–Trinajstić information content (AvgIpc) is 2.87. The number of nitrogens with one attached hydrogen (secondary N) is 2. The number of rotatable bonds is 11. The van der Waals surface area contributed by atoms with Crippen molar-refractivity contribution in [3.8, 4) is 17.2 Å². The molecule has 0 aliphatic carbocycles. The van der Waals surface area contributed by atoms with Crippen molar-refractivity contribution in [2.24, 2.45) is 0 Å². The maximum Gasteiger partial charge on any atom is 0.308 e. The highest BCUT2D eigenvalue weighted by molar-refractivity contribution is 6.05. The van der Waals surface area contributed by atoms with E-state index in [4.69, 9.17) is 14.2 Å². The van der Waals surface area contributed by atoms with E-state index in [1.807, 2.05) is 37.3 Å². The van der Waals surface area contributed by atoms with Crippen LogP contribution in [0.15, 0.2) is 66.7 Å². The molecule has 0 fully saturated rings. The van der Waals surface area contributed by atoms with Gasteiger partial charge < -0.3 is 24.8 Å². The number of esters is 1. The summed E-state index contributed by atoms with van der Waals surface area (Å²) in [6, 6.07) is 19.2. The van der Waals surface area contributed by atoms with Crippen LogP contribution >= 0.6 is 0 Å². The van der Waals surface area contributed by atoms with Gasteiger partial charge in [-0.05, 0) is 60.9 Å². The highest BCUT2D eigenvalue weighted by Gasteiger charge is 2.12. The molecule has 188 valence electrons. The van der Waals surface area contributed by atoms with E-state index in [-0.39, 0.29) is 18.4 Å². The van der Waals surface area contributed by atoms with Crippen molar-refractivity contribution in [1.29, 1.82) is 0 Å². The molecular formula is C28H30N2O6. The molecule has 3 aromatic rings. The lowest BCUT2D eigenvalue weighted by atomic mass is 10.1. The van der Waals surface area contributed by atoms with Crippen LogP contribution in [0.3, 0.4) is 0 Å². The maximum absolute atomic E-state index is 12.8. The van der Waals surface area contributed by atoms with Crippen LogP contribution in [0.4, 0.5) is 5.69 Å². The first-order valence-corrected chi connectivity index (χ1v) is 11.6. The van der Waals surface area contributed by atoms with Crippen molar-refractivity contribution in [1.82, 2.24) is 5.32 Å². The third kappa shape index (κ3) is 7.59.